The minimum Gasteiger partial charge on any atom is -0.267 e. The molecule has 1 amide bonds. The number of aryl methyl sites for hydroxylation is 2. The zero-order valence-electron chi connectivity index (χ0n) is 17.2. The highest BCUT2D eigenvalue weighted by Crippen LogP contribution is 2.32. The van der Waals surface area contributed by atoms with Crippen molar-refractivity contribution in [2.24, 2.45) is 5.10 Å². The number of halogens is 3. The van der Waals surface area contributed by atoms with E-state index in [-0.39, 0.29) is 16.6 Å². The smallest absolute Gasteiger partial charge is 0.267 e. The van der Waals surface area contributed by atoms with Gasteiger partial charge in [-0.1, -0.05) is 48.0 Å². The second kappa shape index (κ2) is 8.26. The second-order valence-corrected chi connectivity index (χ2v) is 7.19. The molecule has 0 saturated heterocycles. The number of nitrogens with zero attached hydrogens (tertiary/aromatic N) is 4. The summed E-state index contributed by atoms with van der Waals surface area (Å²) in [6, 6.07) is 16.7. The van der Waals surface area contributed by atoms with E-state index in [1.165, 1.54) is 10.9 Å². The third-order valence-corrected chi connectivity index (χ3v) is 4.81. The molecule has 2 aromatic heterocycles. The summed E-state index contributed by atoms with van der Waals surface area (Å²) in [6.45, 7) is 3.55. The molecular formula is C23H18F3N5O. The summed E-state index contributed by atoms with van der Waals surface area (Å²) < 4.78 is 42.0. The lowest BCUT2D eigenvalue weighted by atomic mass is 10.1. The number of para-hydroxylation sites is 1. The first-order chi connectivity index (χ1) is 15.2. The van der Waals surface area contributed by atoms with Crippen LogP contribution in [0.3, 0.4) is 0 Å². The maximum absolute atomic E-state index is 13.6. The van der Waals surface area contributed by atoms with Gasteiger partial charge >= 0.3 is 6.18 Å². The van der Waals surface area contributed by atoms with Crippen molar-refractivity contribution in [2.45, 2.75) is 20.0 Å². The van der Waals surface area contributed by atoms with Crippen molar-refractivity contribution in [1.29, 1.82) is 0 Å². The van der Waals surface area contributed by atoms with E-state index in [1.807, 2.05) is 31.2 Å². The van der Waals surface area contributed by atoms with Gasteiger partial charge in [0.2, 0.25) is 0 Å². The molecule has 1 N–H and O–H groups in total. The summed E-state index contributed by atoms with van der Waals surface area (Å²) in [7, 11) is 0. The second-order valence-electron chi connectivity index (χ2n) is 7.19. The highest BCUT2D eigenvalue weighted by molar-refractivity contribution is 6.07. The highest BCUT2D eigenvalue weighted by Gasteiger charge is 2.35. The Hall–Kier alpha value is -4.01. The van der Waals surface area contributed by atoms with Gasteiger partial charge in [0.1, 0.15) is 5.69 Å². The Morgan fingerprint density at radius 2 is 1.75 bits per heavy atom. The number of carbonyl (C=O) groups excluding carboxylic acids is 1. The number of amides is 1. The van der Waals surface area contributed by atoms with Crippen LogP contribution in [0.15, 0.2) is 65.8 Å². The van der Waals surface area contributed by atoms with Gasteiger partial charge in [-0.2, -0.15) is 23.4 Å². The van der Waals surface area contributed by atoms with Crippen LogP contribution in [-0.2, 0) is 6.18 Å². The Morgan fingerprint density at radius 1 is 1.06 bits per heavy atom. The number of nitrogens with one attached hydrogen (secondary N) is 1. The van der Waals surface area contributed by atoms with Gasteiger partial charge in [0.05, 0.1) is 28.5 Å². The van der Waals surface area contributed by atoms with Crippen LogP contribution in [0.2, 0.25) is 0 Å². The molecular weight excluding hydrogens is 419 g/mol. The van der Waals surface area contributed by atoms with E-state index in [1.54, 1.807) is 37.3 Å². The molecule has 0 spiro atoms. The van der Waals surface area contributed by atoms with Gasteiger partial charge in [-0.15, -0.1) is 0 Å². The zero-order valence-corrected chi connectivity index (χ0v) is 17.2. The van der Waals surface area contributed by atoms with Crippen molar-refractivity contribution >= 4 is 23.2 Å². The lowest BCUT2D eigenvalue weighted by Gasteiger charge is -2.10. The Bertz CT molecular complexity index is 1310. The molecule has 32 heavy (non-hydrogen) atoms. The van der Waals surface area contributed by atoms with Gasteiger partial charge in [-0.05, 0) is 37.6 Å². The van der Waals surface area contributed by atoms with Gasteiger partial charge in [0.15, 0.2) is 5.65 Å². The van der Waals surface area contributed by atoms with Gasteiger partial charge in [-0.3, -0.25) is 4.79 Å². The van der Waals surface area contributed by atoms with Gasteiger partial charge in [0, 0.05) is 0 Å². The predicted molar refractivity (Wildman–Crippen MR) is 115 cm³/mol. The van der Waals surface area contributed by atoms with Crippen LogP contribution in [0.1, 0.15) is 32.9 Å². The summed E-state index contributed by atoms with van der Waals surface area (Å²) in [5, 5.41) is 8.44. The Morgan fingerprint density at radius 3 is 2.41 bits per heavy atom. The molecule has 6 nitrogen and oxygen atoms in total. The topological polar surface area (TPSA) is 72.2 Å². The third kappa shape index (κ3) is 4.22. The van der Waals surface area contributed by atoms with Crippen LogP contribution in [0.5, 0.6) is 0 Å². The number of benzene rings is 2. The molecule has 0 aliphatic heterocycles. The van der Waals surface area contributed by atoms with Gasteiger partial charge < -0.3 is 0 Å². The molecule has 2 aromatic carbocycles. The molecule has 4 rings (SSSR count). The number of carbonyl (C=O) groups is 1. The number of fused-ring (bicyclic) bond motifs is 1. The van der Waals surface area contributed by atoms with Crippen LogP contribution in [0.25, 0.3) is 16.7 Å². The third-order valence-electron chi connectivity index (χ3n) is 4.81. The fourth-order valence-corrected chi connectivity index (χ4v) is 3.24. The standard InChI is InChI=1S/C23H18F3N5O/c1-14-8-10-16(11-9-14)13-27-29-22(32)18-12-19(23(24,25)26)28-21-20(18)15(2)30-31(21)17-6-4-3-5-7-17/h3-13H,1-2H3,(H,29,32)/b27-13+. The average Bonchev–Trinajstić information content (AvgIpc) is 3.11. The fraction of sp³-hybridized carbons (Fsp3) is 0.130. The predicted octanol–water partition coefficient (Wildman–Crippen LogP) is 4.82. The van der Waals surface area contributed by atoms with Crippen molar-refractivity contribution in [3.8, 4) is 5.69 Å². The fourth-order valence-electron chi connectivity index (χ4n) is 3.24. The molecule has 0 radical (unpaired) electrons. The number of hydrazone groups is 1. The molecule has 0 fully saturated rings. The van der Waals surface area contributed by atoms with Crippen molar-refractivity contribution in [2.75, 3.05) is 0 Å². The SMILES string of the molecule is Cc1ccc(/C=N/NC(=O)c2cc(C(F)(F)F)nc3c2c(C)nn3-c2ccccc2)cc1. The first-order valence-electron chi connectivity index (χ1n) is 9.67. The Balaban J connectivity index is 1.78. The molecule has 0 atom stereocenters. The van der Waals surface area contributed by atoms with Gasteiger partial charge in [-0.25, -0.2) is 15.1 Å². The van der Waals surface area contributed by atoms with Crippen LogP contribution in [-0.4, -0.2) is 26.9 Å². The summed E-state index contributed by atoms with van der Waals surface area (Å²) >= 11 is 0. The van der Waals surface area contributed by atoms with Crippen molar-refractivity contribution in [3.63, 3.8) is 0 Å². The summed E-state index contributed by atoms with van der Waals surface area (Å²) in [4.78, 5) is 16.6. The number of hydrogen-bond acceptors (Lipinski definition) is 4. The maximum atomic E-state index is 13.6. The van der Waals surface area contributed by atoms with E-state index < -0.39 is 17.8 Å². The van der Waals surface area contributed by atoms with Crippen molar-refractivity contribution in [3.05, 3.63) is 88.7 Å². The Labute approximate surface area is 181 Å². The number of pyridine rings is 1. The Kier molecular flexibility index (Phi) is 5.48. The van der Waals surface area contributed by atoms with Crippen molar-refractivity contribution in [1.82, 2.24) is 20.2 Å². The monoisotopic (exact) mass is 437 g/mol. The quantitative estimate of drug-likeness (QED) is 0.368. The minimum absolute atomic E-state index is 0.0591. The number of aromatic nitrogens is 3. The van der Waals surface area contributed by atoms with E-state index in [9.17, 15) is 18.0 Å². The summed E-state index contributed by atoms with van der Waals surface area (Å²) in [5.74, 6) is -0.790. The maximum Gasteiger partial charge on any atom is 0.433 e. The lowest BCUT2D eigenvalue weighted by Crippen LogP contribution is -2.20. The number of rotatable bonds is 4. The zero-order chi connectivity index (χ0) is 22.9. The molecule has 2 heterocycles. The molecule has 162 valence electrons. The van der Waals surface area contributed by atoms with E-state index >= 15 is 0 Å². The van der Waals surface area contributed by atoms with E-state index in [4.69, 9.17) is 0 Å². The molecule has 0 unspecified atom stereocenters. The van der Waals surface area contributed by atoms with Crippen molar-refractivity contribution < 1.29 is 18.0 Å². The largest absolute Gasteiger partial charge is 0.433 e. The molecule has 0 aliphatic rings. The van der Waals surface area contributed by atoms with Crippen LogP contribution in [0.4, 0.5) is 13.2 Å². The van der Waals surface area contributed by atoms with E-state index in [0.29, 0.717) is 11.4 Å². The molecule has 0 bridgehead atoms. The molecule has 4 aromatic rings. The van der Waals surface area contributed by atoms with Crippen LogP contribution >= 0.6 is 0 Å². The number of hydrogen-bond donors (Lipinski definition) is 1. The summed E-state index contributed by atoms with van der Waals surface area (Å²) in [6.07, 6.45) is -3.32. The minimum atomic E-state index is -4.74. The average molecular weight is 437 g/mol. The molecule has 0 saturated carbocycles. The van der Waals surface area contributed by atoms with Gasteiger partial charge in [0.25, 0.3) is 5.91 Å². The van der Waals surface area contributed by atoms with E-state index in [2.05, 4.69) is 20.6 Å². The first-order valence-corrected chi connectivity index (χ1v) is 9.67. The van der Waals surface area contributed by atoms with Crippen LogP contribution < -0.4 is 5.43 Å². The molecule has 9 heteroatoms. The normalized spacial score (nSPS) is 11.9. The highest BCUT2D eigenvalue weighted by atomic mass is 19.4. The first kappa shape index (κ1) is 21.2. The number of alkyl halides is 3. The lowest BCUT2D eigenvalue weighted by molar-refractivity contribution is -0.141. The van der Waals surface area contributed by atoms with Crippen LogP contribution in [0, 0.1) is 13.8 Å². The van der Waals surface area contributed by atoms with E-state index in [0.717, 1.165) is 17.2 Å². The molecule has 0 aliphatic carbocycles. The summed E-state index contributed by atoms with van der Waals surface area (Å²) in [5.41, 5.74) is 3.56.